The van der Waals surface area contributed by atoms with Gasteiger partial charge in [0.15, 0.2) is 0 Å². The zero-order valence-corrected chi connectivity index (χ0v) is 13.5. The fourth-order valence-corrected chi connectivity index (χ4v) is 2.16. The number of carbonyl (C=O) groups excluding carboxylic acids is 1. The van der Waals surface area contributed by atoms with Crippen LogP contribution < -0.4 is 10.1 Å². The molecule has 2 aromatic carbocycles. The molecule has 0 fully saturated rings. The lowest BCUT2D eigenvalue weighted by Gasteiger charge is -2.24. The molecule has 1 N–H and O–H groups in total. The summed E-state index contributed by atoms with van der Waals surface area (Å²) in [6.07, 6.45) is 0. The number of methoxy groups -OCH3 is 1. The molecule has 0 saturated heterocycles. The van der Waals surface area contributed by atoms with Gasteiger partial charge in [-0.2, -0.15) is 0 Å². The fourth-order valence-electron chi connectivity index (χ4n) is 2.16. The van der Waals surface area contributed by atoms with Crippen molar-refractivity contribution in [2.45, 2.75) is 19.5 Å². The first kappa shape index (κ1) is 17.0. The molecule has 0 bridgehead atoms. The van der Waals surface area contributed by atoms with Crippen LogP contribution in [0.4, 0.5) is 10.1 Å². The number of ether oxygens (including phenoxy) is 1. The van der Waals surface area contributed by atoms with E-state index in [9.17, 15) is 9.18 Å². The lowest BCUT2D eigenvalue weighted by molar-refractivity contribution is -0.120. The second kappa shape index (κ2) is 7.74. The van der Waals surface area contributed by atoms with Crippen LogP contribution in [0, 0.1) is 5.82 Å². The zero-order valence-electron chi connectivity index (χ0n) is 13.5. The summed E-state index contributed by atoms with van der Waals surface area (Å²) in [5, 5.41) is 2.62. The highest BCUT2D eigenvalue weighted by Gasteiger charge is 2.19. The van der Waals surface area contributed by atoms with Crippen LogP contribution in [-0.2, 0) is 11.3 Å². The van der Waals surface area contributed by atoms with Gasteiger partial charge in [-0.3, -0.25) is 9.69 Å². The van der Waals surface area contributed by atoms with E-state index in [-0.39, 0.29) is 11.6 Å². The first-order valence-electron chi connectivity index (χ1n) is 7.40. The number of benzene rings is 2. The predicted molar refractivity (Wildman–Crippen MR) is 89.0 cm³/mol. The topological polar surface area (TPSA) is 41.6 Å². The molecule has 2 aromatic rings. The van der Waals surface area contributed by atoms with Gasteiger partial charge in [-0.25, -0.2) is 4.39 Å². The van der Waals surface area contributed by atoms with E-state index in [1.807, 2.05) is 36.2 Å². The number of para-hydroxylation sites is 1. The number of amides is 1. The first-order chi connectivity index (χ1) is 11.0. The number of nitrogens with zero attached hydrogens (tertiary/aromatic N) is 1. The quantitative estimate of drug-likeness (QED) is 0.889. The first-order valence-corrected chi connectivity index (χ1v) is 7.40. The standard InChI is InChI=1S/C18H21FN2O2/c1-13(18(22)20-17-7-5-4-6-16(17)19)21(2)12-14-8-10-15(23-3)11-9-14/h4-11,13H,12H2,1-3H3,(H,20,22). The molecule has 0 heterocycles. The van der Waals surface area contributed by atoms with Crippen molar-refractivity contribution in [3.63, 3.8) is 0 Å². The van der Waals surface area contributed by atoms with Gasteiger partial charge < -0.3 is 10.1 Å². The Hall–Kier alpha value is -2.40. The van der Waals surface area contributed by atoms with Crippen LogP contribution in [0.15, 0.2) is 48.5 Å². The van der Waals surface area contributed by atoms with E-state index in [0.717, 1.165) is 11.3 Å². The van der Waals surface area contributed by atoms with Crippen molar-refractivity contribution in [1.29, 1.82) is 0 Å². The largest absolute Gasteiger partial charge is 0.497 e. The molecule has 5 heteroatoms. The van der Waals surface area contributed by atoms with Gasteiger partial charge in [0.2, 0.25) is 5.91 Å². The number of hydrogen-bond acceptors (Lipinski definition) is 3. The Morgan fingerprint density at radius 1 is 1.22 bits per heavy atom. The predicted octanol–water partition coefficient (Wildman–Crippen LogP) is 3.29. The van der Waals surface area contributed by atoms with E-state index >= 15 is 0 Å². The summed E-state index contributed by atoms with van der Waals surface area (Å²) in [4.78, 5) is 14.2. The average Bonchev–Trinajstić information content (AvgIpc) is 2.56. The van der Waals surface area contributed by atoms with E-state index in [0.29, 0.717) is 6.54 Å². The molecular weight excluding hydrogens is 295 g/mol. The zero-order chi connectivity index (χ0) is 16.8. The van der Waals surface area contributed by atoms with Crippen LogP contribution in [0.2, 0.25) is 0 Å². The van der Waals surface area contributed by atoms with Crippen molar-refractivity contribution in [3.05, 3.63) is 59.9 Å². The SMILES string of the molecule is COc1ccc(CN(C)C(C)C(=O)Nc2ccccc2F)cc1. The molecule has 2 rings (SSSR count). The summed E-state index contributed by atoms with van der Waals surface area (Å²) in [6, 6.07) is 13.4. The van der Waals surface area contributed by atoms with Gasteiger partial charge >= 0.3 is 0 Å². The number of hydrogen-bond donors (Lipinski definition) is 1. The van der Waals surface area contributed by atoms with E-state index in [2.05, 4.69) is 5.32 Å². The van der Waals surface area contributed by atoms with Crippen LogP contribution >= 0.6 is 0 Å². The second-order valence-corrected chi connectivity index (χ2v) is 5.41. The maximum absolute atomic E-state index is 13.6. The number of likely N-dealkylation sites (N-methyl/N-ethyl adjacent to an activating group) is 1. The number of rotatable bonds is 6. The minimum absolute atomic E-state index is 0.196. The molecular formula is C18H21FN2O2. The van der Waals surface area contributed by atoms with Gasteiger partial charge in [0.05, 0.1) is 18.8 Å². The highest BCUT2D eigenvalue weighted by atomic mass is 19.1. The maximum Gasteiger partial charge on any atom is 0.241 e. The molecule has 0 aromatic heterocycles. The molecule has 23 heavy (non-hydrogen) atoms. The van der Waals surface area contributed by atoms with Crippen LogP contribution in [-0.4, -0.2) is 31.0 Å². The highest BCUT2D eigenvalue weighted by Crippen LogP contribution is 2.16. The average molecular weight is 316 g/mol. The molecule has 1 amide bonds. The minimum Gasteiger partial charge on any atom is -0.497 e. The second-order valence-electron chi connectivity index (χ2n) is 5.41. The molecule has 0 saturated carbocycles. The number of halogens is 1. The Morgan fingerprint density at radius 3 is 2.48 bits per heavy atom. The lowest BCUT2D eigenvalue weighted by Crippen LogP contribution is -2.39. The van der Waals surface area contributed by atoms with Gasteiger partial charge in [0.25, 0.3) is 0 Å². The molecule has 4 nitrogen and oxygen atoms in total. The number of carbonyl (C=O) groups is 1. The number of nitrogens with one attached hydrogen (secondary N) is 1. The third kappa shape index (κ3) is 4.53. The van der Waals surface area contributed by atoms with Crippen LogP contribution in [0.1, 0.15) is 12.5 Å². The fraction of sp³-hybridized carbons (Fsp3) is 0.278. The Morgan fingerprint density at radius 2 is 1.87 bits per heavy atom. The van der Waals surface area contributed by atoms with E-state index in [1.54, 1.807) is 32.2 Å². The summed E-state index contributed by atoms with van der Waals surface area (Å²) in [7, 11) is 3.48. The van der Waals surface area contributed by atoms with Crippen molar-refractivity contribution in [1.82, 2.24) is 4.90 Å². The van der Waals surface area contributed by atoms with Crippen LogP contribution in [0.5, 0.6) is 5.75 Å². The number of anilines is 1. The van der Waals surface area contributed by atoms with Crippen molar-refractivity contribution in [3.8, 4) is 5.75 Å². The lowest BCUT2D eigenvalue weighted by atomic mass is 10.1. The Labute approximate surface area is 135 Å². The monoisotopic (exact) mass is 316 g/mol. The van der Waals surface area contributed by atoms with Crippen LogP contribution in [0.25, 0.3) is 0 Å². The molecule has 122 valence electrons. The highest BCUT2D eigenvalue weighted by molar-refractivity contribution is 5.94. The van der Waals surface area contributed by atoms with E-state index in [1.165, 1.54) is 6.07 Å². The normalized spacial score (nSPS) is 12.0. The maximum atomic E-state index is 13.6. The van der Waals surface area contributed by atoms with Crippen molar-refractivity contribution < 1.29 is 13.9 Å². The third-order valence-electron chi connectivity index (χ3n) is 3.76. The van der Waals surface area contributed by atoms with Gasteiger partial charge in [-0.05, 0) is 43.8 Å². The van der Waals surface area contributed by atoms with Gasteiger partial charge in [0, 0.05) is 6.54 Å². The molecule has 1 unspecified atom stereocenters. The third-order valence-corrected chi connectivity index (χ3v) is 3.76. The van der Waals surface area contributed by atoms with Gasteiger partial charge in [-0.15, -0.1) is 0 Å². The molecule has 1 atom stereocenters. The summed E-state index contributed by atoms with van der Waals surface area (Å²) in [6.45, 7) is 2.40. The smallest absolute Gasteiger partial charge is 0.241 e. The van der Waals surface area contributed by atoms with Crippen molar-refractivity contribution in [2.24, 2.45) is 0 Å². The van der Waals surface area contributed by atoms with E-state index < -0.39 is 11.9 Å². The summed E-state index contributed by atoms with van der Waals surface area (Å²) < 4.78 is 18.7. The van der Waals surface area contributed by atoms with Gasteiger partial charge in [0.1, 0.15) is 11.6 Å². The molecule has 0 radical (unpaired) electrons. The summed E-state index contributed by atoms with van der Waals surface area (Å²) in [5.74, 6) is 0.110. The molecule has 0 spiro atoms. The summed E-state index contributed by atoms with van der Waals surface area (Å²) in [5.41, 5.74) is 1.26. The summed E-state index contributed by atoms with van der Waals surface area (Å²) >= 11 is 0. The molecule has 0 aliphatic heterocycles. The van der Waals surface area contributed by atoms with E-state index in [4.69, 9.17) is 4.74 Å². The molecule has 0 aliphatic carbocycles. The Bertz CT molecular complexity index is 658. The molecule has 0 aliphatic rings. The van der Waals surface area contributed by atoms with Crippen molar-refractivity contribution >= 4 is 11.6 Å². The minimum atomic E-state index is -0.439. The Kier molecular flexibility index (Phi) is 5.71. The van der Waals surface area contributed by atoms with Crippen LogP contribution in [0.3, 0.4) is 0 Å². The van der Waals surface area contributed by atoms with Crippen molar-refractivity contribution in [2.75, 3.05) is 19.5 Å². The Balaban J connectivity index is 1.96. The van der Waals surface area contributed by atoms with Gasteiger partial charge in [-0.1, -0.05) is 24.3 Å².